The molecule has 0 fully saturated rings. The smallest absolute Gasteiger partial charge is 0.119 e. The highest BCUT2D eigenvalue weighted by molar-refractivity contribution is 5.85. The van der Waals surface area contributed by atoms with Crippen LogP contribution in [0, 0.1) is 5.92 Å². The minimum Gasteiger partial charge on any atom is -0.491 e. The number of halogens is 1. The summed E-state index contributed by atoms with van der Waals surface area (Å²) in [7, 11) is 4.12. The van der Waals surface area contributed by atoms with E-state index in [1.165, 1.54) is 16.8 Å². The number of nitrogens with two attached hydrogens (primary N) is 1. The zero-order chi connectivity index (χ0) is 18.5. The number of hydrogen-bond acceptors (Lipinski definition) is 4. The molecule has 2 aromatic rings. The molecule has 0 heterocycles. The van der Waals surface area contributed by atoms with Crippen LogP contribution in [0.15, 0.2) is 48.5 Å². The van der Waals surface area contributed by atoms with Gasteiger partial charge in [0.2, 0.25) is 0 Å². The summed E-state index contributed by atoms with van der Waals surface area (Å²) in [6, 6.07) is 16.0. The summed E-state index contributed by atoms with van der Waals surface area (Å²) in [5.41, 5.74) is 10.4. The molecule has 148 valence electrons. The van der Waals surface area contributed by atoms with Crippen molar-refractivity contribution >= 4 is 18.1 Å². The molecule has 0 saturated carbocycles. The lowest BCUT2D eigenvalue weighted by Gasteiger charge is -2.27. The number of rotatable bonds is 6. The van der Waals surface area contributed by atoms with E-state index in [-0.39, 0.29) is 31.0 Å². The molecule has 0 aromatic heterocycles. The van der Waals surface area contributed by atoms with Crippen molar-refractivity contribution in [1.82, 2.24) is 0 Å². The van der Waals surface area contributed by atoms with Crippen LogP contribution < -0.4 is 15.4 Å². The molecule has 1 aliphatic rings. The Morgan fingerprint density at radius 2 is 1.89 bits per heavy atom. The number of aliphatic hydroxyl groups is 1. The van der Waals surface area contributed by atoms with E-state index in [0.29, 0.717) is 0 Å². The van der Waals surface area contributed by atoms with Crippen molar-refractivity contribution in [2.75, 3.05) is 25.6 Å². The molecule has 3 atom stereocenters. The first kappa shape index (κ1) is 21.5. The topological polar surface area (TPSA) is 58.7 Å². The predicted octanol–water partition coefficient (Wildman–Crippen LogP) is 3.44. The summed E-state index contributed by atoms with van der Waals surface area (Å²) in [6.07, 6.45) is 3.48. The molecule has 5 heteroatoms. The monoisotopic (exact) mass is 390 g/mol. The van der Waals surface area contributed by atoms with Gasteiger partial charge in [-0.1, -0.05) is 24.3 Å². The Balaban J connectivity index is 0.00000261. The molecule has 0 amide bonds. The van der Waals surface area contributed by atoms with Gasteiger partial charge in [-0.3, -0.25) is 0 Å². The second kappa shape index (κ2) is 9.98. The molecule has 3 N–H and O–H groups in total. The summed E-state index contributed by atoms with van der Waals surface area (Å²) < 4.78 is 5.69. The van der Waals surface area contributed by atoms with Crippen LogP contribution in [0.2, 0.25) is 0 Å². The lowest BCUT2D eigenvalue weighted by atomic mass is 9.87. The normalized spacial score (nSPS) is 18.4. The van der Waals surface area contributed by atoms with E-state index in [2.05, 4.69) is 37.2 Å². The molecule has 4 nitrogen and oxygen atoms in total. The van der Waals surface area contributed by atoms with E-state index in [1.54, 1.807) is 0 Å². The fourth-order valence-corrected chi connectivity index (χ4v) is 3.72. The number of aliphatic hydroxyl groups excluding tert-OH is 1. The zero-order valence-corrected chi connectivity index (χ0v) is 17.0. The SMILES string of the molecule is CN(C)c1ccc2c(c1)CC(C(N)[C@H](O)COc1ccccc1)CCC2.Cl. The maximum atomic E-state index is 10.6. The van der Waals surface area contributed by atoms with E-state index in [1.807, 2.05) is 30.3 Å². The van der Waals surface area contributed by atoms with Crippen LogP contribution in [-0.4, -0.2) is 38.0 Å². The highest BCUT2D eigenvalue weighted by Crippen LogP contribution is 2.29. The van der Waals surface area contributed by atoms with Gasteiger partial charge < -0.3 is 20.5 Å². The van der Waals surface area contributed by atoms with Gasteiger partial charge in [-0.05, 0) is 67.0 Å². The van der Waals surface area contributed by atoms with Crippen molar-refractivity contribution in [3.8, 4) is 5.75 Å². The molecule has 0 spiro atoms. The molecule has 0 radical (unpaired) electrons. The predicted molar refractivity (Wildman–Crippen MR) is 114 cm³/mol. The third-order valence-electron chi connectivity index (χ3n) is 5.36. The Labute approximate surface area is 168 Å². The molecule has 1 aliphatic carbocycles. The van der Waals surface area contributed by atoms with Gasteiger partial charge in [-0.25, -0.2) is 0 Å². The van der Waals surface area contributed by atoms with Crippen molar-refractivity contribution < 1.29 is 9.84 Å². The maximum absolute atomic E-state index is 10.6. The summed E-state index contributed by atoms with van der Waals surface area (Å²) in [5, 5.41) is 10.6. The molecule has 0 saturated heterocycles. The molecule has 27 heavy (non-hydrogen) atoms. The van der Waals surface area contributed by atoms with Gasteiger partial charge in [0.1, 0.15) is 18.5 Å². The van der Waals surface area contributed by atoms with Gasteiger partial charge in [-0.2, -0.15) is 0 Å². The average molecular weight is 391 g/mol. The number of nitrogens with zero attached hydrogens (tertiary/aromatic N) is 1. The Hall–Kier alpha value is -1.75. The fraction of sp³-hybridized carbons (Fsp3) is 0.455. The summed E-state index contributed by atoms with van der Waals surface area (Å²) in [6.45, 7) is 0.228. The van der Waals surface area contributed by atoms with Gasteiger partial charge in [0.05, 0.1) is 0 Å². The molecule has 2 unspecified atom stereocenters. The Bertz CT molecular complexity index is 709. The second-order valence-corrected chi connectivity index (χ2v) is 7.47. The van der Waals surface area contributed by atoms with E-state index in [0.717, 1.165) is 31.4 Å². The quantitative estimate of drug-likeness (QED) is 0.742. The number of anilines is 1. The van der Waals surface area contributed by atoms with E-state index >= 15 is 0 Å². The maximum Gasteiger partial charge on any atom is 0.119 e. The molecular weight excluding hydrogens is 360 g/mol. The molecule has 0 bridgehead atoms. The Morgan fingerprint density at radius 1 is 1.15 bits per heavy atom. The number of fused-ring (bicyclic) bond motifs is 1. The largest absolute Gasteiger partial charge is 0.491 e. The van der Waals surface area contributed by atoms with Crippen molar-refractivity contribution in [2.24, 2.45) is 11.7 Å². The fourth-order valence-electron chi connectivity index (χ4n) is 3.72. The first-order valence-electron chi connectivity index (χ1n) is 9.45. The zero-order valence-electron chi connectivity index (χ0n) is 16.2. The number of para-hydroxylation sites is 1. The lowest BCUT2D eigenvalue weighted by molar-refractivity contribution is 0.0645. The molecular formula is C22H31ClN2O2. The van der Waals surface area contributed by atoms with Gasteiger partial charge in [-0.15, -0.1) is 12.4 Å². The number of benzene rings is 2. The summed E-state index contributed by atoms with van der Waals surface area (Å²) >= 11 is 0. The second-order valence-electron chi connectivity index (χ2n) is 7.47. The minimum atomic E-state index is -0.668. The van der Waals surface area contributed by atoms with Crippen molar-refractivity contribution in [2.45, 2.75) is 37.8 Å². The third kappa shape index (κ3) is 5.61. The summed E-state index contributed by atoms with van der Waals surface area (Å²) in [5.74, 6) is 1.03. The highest BCUT2D eigenvalue weighted by atomic mass is 35.5. The van der Waals surface area contributed by atoms with Crippen molar-refractivity contribution in [3.63, 3.8) is 0 Å². The Morgan fingerprint density at radius 3 is 2.59 bits per heavy atom. The molecule has 2 aromatic carbocycles. The third-order valence-corrected chi connectivity index (χ3v) is 5.36. The van der Waals surface area contributed by atoms with E-state index in [9.17, 15) is 5.11 Å². The van der Waals surface area contributed by atoms with Crippen LogP contribution >= 0.6 is 12.4 Å². The minimum absolute atomic E-state index is 0. The number of ether oxygens (including phenoxy) is 1. The van der Waals surface area contributed by atoms with Crippen LogP contribution in [0.25, 0.3) is 0 Å². The van der Waals surface area contributed by atoms with Crippen molar-refractivity contribution in [1.29, 1.82) is 0 Å². The van der Waals surface area contributed by atoms with Crippen LogP contribution in [0.1, 0.15) is 24.0 Å². The molecule has 3 rings (SSSR count). The van der Waals surface area contributed by atoms with Crippen LogP contribution in [0.5, 0.6) is 5.75 Å². The van der Waals surface area contributed by atoms with Gasteiger partial charge in [0.25, 0.3) is 0 Å². The standard InChI is InChI=1S/C22H30N2O2.ClH/c1-24(2)19-12-11-16-7-6-8-17(13-18(16)14-19)22(23)21(25)15-26-20-9-4-3-5-10-20;/h3-5,9-12,14,17,21-22,25H,6-8,13,15,23H2,1-2H3;1H/t17?,21-,22?;/m1./s1. The summed E-state index contributed by atoms with van der Waals surface area (Å²) in [4.78, 5) is 2.13. The number of hydrogen-bond donors (Lipinski definition) is 2. The highest BCUT2D eigenvalue weighted by Gasteiger charge is 2.28. The van der Waals surface area contributed by atoms with Crippen LogP contribution in [-0.2, 0) is 12.8 Å². The Kier molecular flexibility index (Phi) is 7.96. The van der Waals surface area contributed by atoms with E-state index < -0.39 is 6.10 Å². The van der Waals surface area contributed by atoms with Crippen LogP contribution in [0.3, 0.4) is 0 Å². The molecule has 0 aliphatic heterocycles. The van der Waals surface area contributed by atoms with Gasteiger partial charge >= 0.3 is 0 Å². The lowest BCUT2D eigenvalue weighted by Crippen LogP contribution is -2.45. The van der Waals surface area contributed by atoms with Crippen molar-refractivity contribution in [3.05, 3.63) is 59.7 Å². The number of aryl methyl sites for hydroxylation is 1. The van der Waals surface area contributed by atoms with Gasteiger partial charge in [0, 0.05) is 25.8 Å². The average Bonchev–Trinajstić information content (AvgIpc) is 2.88. The van der Waals surface area contributed by atoms with E-state index in [4.69, 9.17) is 10.5 Å². The van der Waals surface area contributed by atoms with Crippen LogP contribution in [0.4, 0.5) is 5.69 Å². The van der Waals surface area contributed by atoms with Gasteiger partial charge in [0.15, 0.2) is 0 Å². The first-order valence-corrected chi connectivity index (χ1v) is 9.45. The first-order chi connectivity index (χ1) is 12.5.